The van der Waals surface area contributed by atoms with E-state index in [1.807, 2.05) is 30.3 Å². The third-order valence-electron chi connectivity index (χ3n) is 4.44. The maximum absolute atomic E-state index is 12.0. The van der Waals surface area contributed by atoms with Gasteiger partial charge in [-0.05, 0) is 35.6 Å². The highest BCUT2D eigenvalue weighted by Crippen LogP contribution is 2.27. The van der Waals surface area contributed by atoms with Crippen molar-refractivity contribution in [3.63, 3.8) is 0 Å². The van der Waals surface area contributed by atoms with E-state index in [4.69, 9.17) is 0 Å². The van der Waals surface area contributed by atoms with E-state index >= 15 is 0 Å². The number of hydrogen-bond acceptors (Lipinski definition) is 3. The molecule has 1 aliphatic heterocycles. The van der Waals surface area contributed by atoms with Crippen LogP contribution in [0.2, 0.25) is 0 Å². The molecular weight excluding hydrogens is 328 g/mol. The van der Waals surface area contributed by atoms with Crippen molar-refractivity contribution in [1.29, 1.82) is 0 Å². The summed E-state index contributed by atoms with van der Waals surface area (Å²) in [6.45, 7) is 2.10. The number of unbranched alkanes of at least 4 members (excludes halogenated alkanes) is 1. The first kappa shape index (κ1) is 17.7. The van der Waals surface area contributed by atoms with Crippen LogP contribution < -0.4 is 0 Å². The molecule has 0 saturated heterocycles. The Morgan fingerprint density at radius 3 is 2.46 bits per heavy atom. The van der Waals surface area contributed by atoms with Gasteiger partial charge in [0.1, 0.15) is 0 Å². The maximum atomic E-state index is 12.0. The molecule has 1 aliphatic rings. The Hall–Kier alpha value is -3.08. The van der Waals surface area contributed by atoms with Gasteiger partial charge in [-0.25, -0.2) is 4.79 Å². The standard InChI is InChI=1S/C21H20N2O3/c1-2-3-8-19-18(20(24)23-22-19)13-14-9-11-15(12-10-14)16-6-4-5-7-17(16)21(25)26/h4-7,9-12H,2-3,8,13H2,1H3,(H,25,26). The summed E-state index contributed by atoms with van der Waals surface area (Å²) in [7, 11) is 0. The van der Waals surface area contributed by atoms with Crippen LogP contribution in [0.1, 0.15) is 42.1 Å². The fourth-order valence-corrected chi connectivity index (χ4v) is 3.00. The second kappa shape index (κ2) is 7.87. The van der Waals surface area contributed by atoms with Crippen LogP contribution in [-0.2, 0) is 11.2 Å². The number of nitrogens with zero attached hydrogens (tertiary/aromatic N) is 2. The van der Waals surface area contributed by atoms with Crippen LogP contribution in [0.5, 0.6) is 0 Å². The fourth-order valence-electron chi connectivity index (χ4n) is 3.00. The van der Waals surface area contributed by atoms with Gasteiger partial charge in [0.05, 0.1) is 11.3 Å². The van der Waals surface area contributed by atoms with E-state index in [9.17, 15) is 14.7 Å². The molecule has 3 rings (SSSR count). The van der Waals surface area contributed by atoms with Crippen LogP contribution in [-0.4, -0.2) is 17.0 Å². The highest BCUT2D eigenvalue weighted by molar-refractivity contribution is 5.97. The van der Waals surface area contributed by atoms with Crippen LogP contribution in [0.4, 0.5) is 0 Å². The summed E-state index contributed by atoms with van der Waals surface area (Å²) in [4.78, 5) is 23.4. The minimum atomic E-state index is -0.949. The molecule has 2 aromatic rings. The molecule has 0 atom stereocenters. The number of carbonyl (C=O) groups is 2. The average molecular weight is 348 g/mol. The third kappa shape index (κ3) is 3.77. The molecule has 0 radical (unpaired) electrons. The van der Waals surface area contributed by atoms with Crippen molar-refractivity contribution in [3.05, 3.63) is 70.9 Å². The monoisotopic (exact) mass is 348 g/mol. The molecule has 5 heteroatoms. The lowest BCUT2D eigenvalue weighted by Gasteiger charge is -2.08. The number of carboxylic acids is 1. The first-order valence-electron chi connectivity index (χ1n) is 8.70. The number of allylic oxidation sites excluding steroid dienone is 1. The zero-order valence-corrected chi connectivity index (χ0v) is 14.6. The summed E-state index contributed by atoms with van der Waals surface area (Å²) in [5.74, 6) is -1.20. The van der Waals surface area contributed by atoms with E-state index in [2.05, 4.69) is 17.2 Å². The van der Waals surface area contributed by atoms with Gasteiger partial charge in [0.2, 0.25) is 0 Å². The van der Waals surface area contributed by atoms with Gasteiger partial charge >= 0.3 is 5.97 Å². The number of benzene rings is 2. The Morgan fingerprint density at radius 2 is 1.77 bits per heavy atom. The van der Waals surface area contributed by atoms with E-state index < -0.39 is 5.97 Å². The zero-order valence-electron chi connectivity index (χ0n) is 14.6. The second-order valence-corrected chi connectivity index (χ2v) is 6.26. The predicted molar refractivity (Wildman–Crippen MR) is 99.0 cm³/mol. The predicted octanol–water partition coefficient (Wildman–Crippen LogP) is 5.03. The van der Waals surface area contributed by atoms with Crippen molar-refractivity contribution >= 4 is 11.9 Å². The van der Waals surface area contributed by atoms with Gasteiger partial charge in [-0.3, -0.25) is 4.79 Å². The van der Waals surface area contributed by atoms with Crippen molar-refractivity contribution in [1.82, 2.24) is 0 Å². The Labute approximate surface area is 152 Å². The highest BCUT2D eigenvalue weighted by Gasteiger charge is 2.21. The molecule has 0 saturated carbocycles. The van der Waals surface area contributed by atoms with Crippen LogP contribution >= 0.6 is 0 Å². The molecule has 1 N–H and O–H groups in total. The van der Waals surface area contributed by atoms with Gasteiger partial charge in [-0.2, -0.15) is 5.11 Å². The highest BCUT2D eigenvalue weighted by atomic mass is 16.4. The first-order valence-corrected chi connectivity index (χ1v) is 8.70. The SMILES string of the molecule is CCCCC1=C(Cc2ccc(-c3ccccc3C(=O)O)cc2)C(=O)N=N1. The summed E-state index contributed by atoms with van der Waals surface area (Å²) in [6, 6.07) is 14.5. The van der Waals surface area contributed by atoms with E-state index in [0.29, 0.717) is 17.6 Å². The Bertz CT molecular complexity index is 896. The maximum Gasteiger partial charge on any atom is 0.336 e. The van der Waals surface area contributed by atoms with E-state index in [0.717, 1.165) is 36.1 Å². The van der Waals surface area contributed by atoms with Gasteiger partial charge in [0.25, 0.3) is 5.91 Å². The lowest BCUT2D eigenvalue weighted by Crippen LogP contribution is -2.02. The van der Waals surface area contributed by atoms with Crippen LogP contribution in [0.15, 0.2) is 70.0 Å². The van der Waals surface area contributed by atoms with Gasteiger partial charge < -0.3 is 5.11 Å². The Morgan fingerprint density at radius 1 is 1.04 bits per heavy atom. The van der Waals surface area contributed by atoms with Crippen molar-refractivity contribution < 1.29 is 14.7 Å². The molecule has 0 aromatic heterocycles. The second-order valence-electron chi connectivity index (χ2n) is 6.26. The first-order chi connectivity index (χ1) is 12.6. The number of aromatic carboxylic acids is 1. The molecule has 26 heavy (non-hydrogen) atoms. The van der Waals surface area contributed by atoms with Crippen LogP contribution in [0.3, 0.4) is 0 Å². The number of amides is 1. The lowest BCUT2D eigenvalue weighted by atomic mass is 9.96. The Balaban J connectivity index is 1.83. The van der Waals surface area contributed by atoms with E-state index in [-0.39, 0.29) is 11.5 Å². The molecule has 0 fully saturated rings. The fraction of sp³-hybridized carbons (Fsp3) is 0.238. The van der Waals surface area contributed by atoms with Gasteiger partial charge in [-0.1, -0.05) is 55.8 Å². The smallest absolute Gasteiger partial charge is 0.336 e. The van der Waals surface area contributed by atoms with E-state index in [1.54, 1.807) is 18.2 Å². The van der Waals surface area contributed by atoms with Crippen LogP contribution in [0.25, 0.3) is 11.1 Å². The third-order valence-corrected chi connectivity index (χ3v) is 4.44. The molecule has 1 heterocycles. The number of hydrogen-bond donors (Lipinski definition) is 1. The quantitative estimate of drug-likeness (QED) is 0.762. The number of rotatable bonds is 7. The lowest BCUT2D eigenvalue weighted by molar-refractivity contribution is -0.114. The van der Waals surface area contributed by atoms with Gasteiger partial charge in [-0.15, -0.1) is 5.11 Å². The molecule has 5 nitrogen and oxygen atoms in total. The average Bonchev–Trinajstić information content (AvgIpc) is 3.00. The van der Waals surface area contributed by atoms with Gasteiger partial charge in [0.15, 0.2) is 0 Å². The number of azo groups is 1. The van der Waals surface area contributed by atoms with Crippen LogP contribution in [0, 0.1) is 0 Å². The van der Waals surface area contributed by atoms with Crippen molar-refractivity contribution in [2.24, 2.45) is 10.2 Å². The molecule has 0 spiro atoms. The molecule has 2 aromatic carbocycles. The molecule has 0 bridgehead atoms. The number of carboxylic acid groups (broad SMARTS) is 1. The molecule has 1 amide bonds. The van der Waals surface area contributed by atoms with Gasteiger partial charge in [0, 0.05) is 12.0 Å². The summed E-state index contributed by atoms with van der Waals surface area (Å²) in [5.41, 5.74) is 4.21. The molecule has 132 valence electrons. The summed E-state index contributed by atoms with van der Waals surface area (Å²) in [5, 5.41) is 17.0. The van der Waals surface area contributed by atoms with E-state index in [1.165, 1.54) is 0 Å². The summed E-state index contributed by atoms with van der Waals surface area (Å²) >= 11 is 0. The Kier molecular flexibility index (Phi) is 5.37. The summed E-state index contributed by atoms with van der Waals surface area (Å²) in [6.07, 6.45) is 3.28. The topological polar surface area (TPSA) is 79.1 Å². The van der Waals surface area contributed by atoms with Crippen molar-refractivity contribution in [2.75, 3.05) is 0 Å². The molecule has 0 unspecified atom stereocenters. The summed E-state index contributed by atoms with van der Waals surface area (Å²) < 4.78 is 0. The normalized spacial score (nSPS) is 13.5. The number of carbonyl (C=O) groups excluding carboxylic acids is 1. The minimum absolute atomic E-state index is 0.253. The molecular formula is C21H20N2O3. The largest absolute Gasteiger partial charge is 0.478 e. The van der Waals surface area contributed by atoms with Crippen molar-refractivity contribution in [3.8, 4) is 11.1 Å². The minimum Gasteiger partial charge on any atom is -0.478 e. The zero-order chi connectivity index (χ0) is 18.5. The molecule has 0 aliphatic carbocycles. The van der Waals surface area contributed by atoms with Crippen molar-refractivity contribution in [2.45, 2.75) is 32.6 Å².